The van der Waals surface area contributed by atoms with Crippen LogP contribution in [0.25, 0.3) is 0 Å². The number of esters is 1. The molecule has 0 N–H and O–H groups in total. The highest BCUT2D eigenvalue weighted by Gasteiger charge is 2.29. The number of hydrogen-bond donors (Lipinski definition) is 0. The van der Waals surface area contributed by atoms with Crippen LogP contribution < -0.4 is 0 Å². The van der Waals surface area contributed by atoms with Crippen molar-refractivity contribution in [2.75, 3.05) is 0 Å². The van der Waals surface area contributed by atoms with Crippen molar-refractivity contribution in [3.63, 3.8) is 0 Å². The van der Waals surface area contributed by atoms with Gasteiger partial charge in [-0.05, 0) is 12.8 Å². The van der Waals surface area contributed by atoms with E-state index in [1.807, 2.05) is 6.92 Å². The standard InChI is InChI=1S/C8H14O2/c1-3-4-7-5-6(2)8(9)10-7/h6-7H,3-5H2,1-2H3/t6-,7-/m0/s1. The Morgan fingerprint density at radius 2 is 2.40 bits per heavy atom. The van der Waals surface area contributed by atoms with E-state index >= 15 is 0 Å². The second-order valence-corrected chi connectivity index (χ2v) is 2.98. The summed E-state index contributed by atoms with van der Waals surface area (Å²) in [6.45, 7) is 4.04. The van der Waals surface area contributed by atoms with Gasteiger partial charge >= 0.3 is 5.97 Å². The van der Waals surface area contributed by atoms with Gasteiger partial charge < -0.3 is 4.74 Å². The molecule has 0 amide bonds. The van der Waals surface area contributed by atoms with Crippen molar-refractivity contribution in [3.05, 3.63) is 0 Å². The molecule has 10 heavy (non-hydrogen) atoms. The van der Waals surface area contributed by atoms with Crippen LogP contribution in [0, 0.1) is 5.92 Å². The van der Waals surface area contributed by atoms with Gasteiger partial charge in [0, 0.05) is 0 Å². The highest BCUT2D eigenvalue weighted by atomic mass is 16.5. The number of ether oxygens (including phenoxy) is 1. The lowest BCUT2D eigenvalue weighted by Crippen LogP contribution is -2.05. The molecule has 0 bridgehead atoms. The van der Waals surface area contributed by atoms with Crippen LogP contribution in [0.15, 0.2) is 0 Å². The molecule has 0 aromatic carbocycles. The lowest BCUT2D eigenvalue weighted by Gasteiger charge is -2.04. The van der Waals surface area contributed by atoms with Gasteiger partial charge in [0.15, 0.2) is 0 Å². The molecule has 0 aliphatic carbocycles. The minimum atomic E-state index is -0.0153. The van der Waals surface area contributed by atoms with Gasteiger partial charge in [0.05, 0.1) is 5.92 Å². The maximum absolute atomic E-state index is 10.8. The van der Waals surface area contributed by atoms with E-state index in [4.69, 9.17) is 4.74 Å². The van der Waals surface area contributed by atoms with Crippen molar-refractivity contribution in [3.8, 4) is 0 Å². The number of carbonyl (C=O) groups excluding carboxylic acids is 1. The molecule has 0 aromatic heterocycles. The fourth-order valence-electron chi connectivity index (χ4n) is 1.32. The molecular weight excluding hydrogens is 128 g/mol. The molecule has 0 saturated carbocycles. The second kappa shape index (κ2) is 3.04. The Hall–Kier alpha value is -0.530. The summed E-state index contributed by atoms with van der Waals surface area (Å²) in [6.07, 6.45) is 3.26. The molecule has 2 heteroatoms. The number of cyclic esters (lactones) is 1. The van der Waals surface area contributed by atoms with E-state index < -0.39 is 0 Å². The van der Waals surface area contributed by atoms with Gasteiger partial charge in [0.25, 0.3) is 0 Å². The van der Waals surface area contributed by atoms with Crippen molar-refractivity contribution in [2.45, 2.75) is 39.2 Å². The van der Waals surface area contributed by atoms with Crippen LogP contribution in [0.2, 0.25) is 0 Å². The van der Waals surface area contributed by atoms with Gasteiger partial charge in [0.2, 0.25) is 0 Å². The topological polar surface area (TPSA) is 26.3 Å². The van der Waals surface area contributed by atoms with Crippen LogP contribution in [-0.2, 0) is 9.53 Å². The molecule has 58 valence electrons. The summed E-state index contributed by atoms with van der Waals surface area (Å²) >= 11 is 0. The first-order valence-corrected chi connectivity index (χ1v) is 3.94. The first-order valence-electron chi connectivity index (χ1n) is 3.94. The quantitative estimate of drug-likeness (QED) is 0.549. The average molecular weight is 142 g/mol. The molecule has 2 atom stereocenters. The summed E-state index contributed by atoms with van der Waals surface area (Å²) in [5.41, 5.74) is 0. The first kappa shape index (κ1) is 7.58. The lowest BCUT2D eigenvalue weighted by molar-refractivity contribution is -0.144. The van der Waals surface area contributed by atoms with Crippen molar-refractivity contribution in [1.29, 1.82) is 0 Å². The Morgan fingerprint density at radius 3 is 2.80 bits per heavy atom. The third-order valence-corrected chi connectivity index (χ3v) is 1.91. The smallest absolute Gasteiger partial charge is 0.309 e. The summed E-state index contributed by atoms with van der Waals surface area (Å²) in [7, 11) is 0. The highest BCUT2D eigenvalue weighted by Crippen LogP contribution is 2.23. The zero-order chi connectivity index (χ0) is 7.56. The van der Waals surface area contributed by atoms with E-state index in [2.05, 4.69) is 6.92 Å². The van der Waals surface area contributed by atoms with E-state index in [9.17, 15) is 4.79 Å². The van der Waals surface area contributed by atoms with E-state index in [-0.39, 0.29) is 18.0 Å². The van der Waals surface area contributed by atoms with Gasteiger partial charge in [-0.1, -0.05) is 20.3 Å². The minimum Gasteiger partial charge on any atom is -0.462 e. The molecule has 0 unspecified atom stereocenters. The monoisotopic (exact) mass is 142 g/mol. The second-order valence-electron chi connectivity index (χ2n) is 2.98. The fourth-order valence-corrected chi connectivity index (χ4v) is 1.32. The number of hydrogen-bond acceptors (Lipinski definition) is 2. The van der Waals surface area contributed by atoms with Crippen LogP contribution in [0.4, 0.5) is 0 Å². The third kappa shape index (κ3) is 1.49. The van der Waals surface area contributed by atoms with Crippen LogP contribution in [0.5, 0.6) is 0 Å². The van der Waals surface area contributed by atoms with E-state index in [1.54, 1.807) is 0 Å². The highest BCUT2D eigenvalue weighted by molar-refractivity contribution is 5.74. The summed E-state index contributed by atoms with van der Waals surface area (Å²) < 4.78 is 5.08. The van der Waals surface area contributed by atoms with Crippen molar-refractivity contribution in [1.82, 2.24) is 0 Å². The normalized spacial score (nSPS) is 32.4. The van der Waals surface area contributed by atoms with Gasteiger partial charge in [-0.2, -0.15) is 0 Å². The van der Waals surface area contributed by atoms with Gasteiger partial charge in [-0.15, -0.1) is 0 Å². The zero-order valence-corrected chi connectivity index (χ0v) is 6.59. The predicted octanol–water partition coefficient (Wildman–Crippen LogP) is 1.74. The maximum atomic E-state index is 10.8. The Kier molecular flexibility index (Phi) is 2.30. The van der Waals surface area contributed by atoms with Crippen LogP contribution in [0.3, 0.4) is 0 Å². The Morgan fingerprint density at radius 1 is 1.70 bits per heavy atom. The number of rotatable bonds is 2. The van der Waals surface area contributed by atoms with Gasteiger partial charge in [-0.25, -0.2) is 0 Å². The Bertz CT molecular complexity index is 131. The SMILES string of the molecule is CCC[C@H]1C[C@H](C)C(=O)O1. The van der Waals surface area contributed by atoms with E-state index in [0.29, 0.717) is 0 Å². The fraction of sp³-hybridized carbons (Fsp3) is 0.875. The first-order chi connectivity index (χ1) is 4.74. The summed E-state index contributed by atoms with van der Waals surface area (Å²) in [5, 5.41) is 0. The van der Waals surface area contributed by atoms with E-state index in [0.717, 1.165) is 19.3 Å². The van der Waals surface area contributed by atoms with Crippen molar-refractivity contribution >= 4 is 5.97 Å². The molecule has 1 aliphatic heterocycles. The molecule has 1 heterocycles. The molecular formula is C8H14O2. The minimum absolute atomic E-state index is 0.0153. The molecule has 0 radical (unpaired) electrons. The summed E-state index contributed by atoms with van der Waals surface area (Å²) in [4.78, 5) is 10.8. The van der Waals surface area contributed by atoms with Crippen LogP contribution in [-0.4, -0.2) is 12.1 Å². The number of carbonyl (C=O) groups is 1. The van der Waals surface area contributed by atoms with Crippen LogP contribution in [0.1, 0.15) is 33.1 Å². The molecule has 1 fully saturated rings. The summed E-state index contributed by atoms with van der Waals surface area (Å²) in [6, 6.07) is 0. The largest absolute Gasteiger partial charge is 0.462 e. The predicted molar refractivity (Wildman–Crippen MR) is 38.6 cm³/mol. The average Bonchev–Trinajstić information content (AvgIpc) is 2.14. The summed E-state index contributed by atoms with van der Waals surface area (Å²) in [5.74, 6) is 0.120. The molecule has 2 nitrogen and oxygen atoms in total. The molecule has 0 spiro atoms. The van der Waals surface area contributed by atoms with Crippen molar-refractivity contribution in [2.24, 2.45) is 5.92 Å². The van der Waals surface area contributed by atoms with Gasteiger partial charge in [-0.3, -0.25) is 4.79 Å². The molecule has 0 aromatic rings. The van der Waals surface area contributed by atoms with Crippen molar-refractivity contribution < 1.29 is 9.53 Å². The molecule has 1 saturated heterocycles. The zero-order valence-electron chi connectivity index (χ0n) is 6.59. The Labute approximate surface area is 61.6 Å². The maximum Gasteiger partial charge on any atom is 0.309 e. The van der Waals surface area contributed by atoms with Crippen LogP contribution >= 0.6 is 0 Å². The van der Waals surface area contributed by atoms with Gasteiger partial charge in [0.1, 0.15) is 6.10 Å². The van der Waals surface area contributed by atoms with E-state index in [1.165, 1.54) is 0 Å². The lowest BCUT2D eigenvalue weighted by atomic mass is 10.1. The third-order valence-electron chi connectivity index (χ3n) is 1.91. The molecule has 1 aliphatic rings. The molecule has 1 rings (SSSR count). The Balaban J connectivity index is 2.34.